The highest BCUT2D eigenvalue weighted by Gasteiger charge is 2.30. The van der Waals surface area contributed by atoms with Crippen molar-refractivity contribution in [2.24, 2.45) is 5.73 Å². The zero-order valence-corrected chi connectivity index (χ0v) is 13.6. The molecule has 0 bridgehead atoms. The van der Waals surface area contributed by atoms with Crippen LogP contribution in [0.1, 0.15) is 31.0 Å². The van der Waals surface area contributed by atoms with E-state index in [2.05, 4.69) is 41.9 Å². The Hall–Kier alpha value is -1.32. The fraction of sp³-hybridized carbons (Fsp3) is 0.294. The molecule has 106 valence electrons. The van der Waals surface area contributed by atoms with Gasteiger partial charge >= 0.3 is 0 Å². The Morgan fingerprint density at radius 3 is 2.30 bits per heavy atom. The molecule has 0 spiro atoms. The smallest absolute Gasteiger partial charge is 0.120 e. The topological polar surface area (TPSA) is 35.2 Å². The lowest BCUT2D eigenvalue weighted by Gasteiger charge is -2.33. The molecule has 0 saturated heterocycles. The third kappa shape index (κ3) is 2.89. The molecule has 0 fully saturated rings. The molecule has 2 aromatic carbocycles. The number of hydrogen-bond acceptors (Lipinski definition) is 2. The minimum absolute atomic E-state index is 0.106. The fourth-order valence-electron chi connectivity index (χ4n) is 2.32. The number of benzene rings is 2. The van der Waals surface area contributed by atoms with Crippen molar-refractivity contribution in [1.29, 1.82) is 0 Å². The Morgan fingerprint density at radius 1 is 1.10 bits per heavy atom. The van der Waals surface area contributed by atoms with Gasteiger partial charge in [0.2, 0.25) is 0 Å². The standard InChI is InChI=1S/C17H20BrNO/c1-17(2,12-7-5-4-6-8-12)16(19)14-10-9-13(20-3)11-15(14)18/h4-11,16H,19H2,1-3H3. The maximum atomic E-state index is 6.53. The average molecular weight is 334 g/mol. The maximum Gasteiger partial charge on any atom is 0.120 e. The predicted octanol–water partition coefficient (Wildman–Crippen LogP) is 4.44. The minimum atomic E-state index is -0.154. The Labute approximate surface area is 129 Å². The quantitative estimate of drug-likeness (QED) is 0.897. The Balaban J connectivity index is 2.38. The molecule has 3 heteroatoms. The zero-order chi connectivity index (χ0) is 14.8. The minimum Gasteiger partial charge on any atom is -0.497 e. The molecule has 2 aromatic rings. The van der Waals surface area contributed by atoms with Crippen LogP contribution in [0.2, 0.25) is 0 Å². The van der Waals surface area contributed by atoms with E-state index in [1.807, 2.05) is 36.4 Å². The fourth-order valence-corrected chi connectivity index (χ4v) is 2.93. The molecule has 0 saturated carbocycles. The van der Waals surface area contributed by atoms with Gasteiger partial charge in [0.15, 0.2) is 0 Å². The summed E-state index contributed by atoms with van der Waals surface area (Å²) < 4.78 is 6.21. The van der Waals surface area contributed by atoms with Crippen molar-refractivity contribution >= 4 is 15.9 Å². The largest absolute Gasteiger partial charge is 0.497 e. The average Bonchev–Trinajstić information content (AvgIpc) is 2.47. The summed E-state index contributed by atoms with van der Waals surface area (Å²) in [5.74, 6) is 0.824. The summed E-state index contributed by atoms with van der Waals surface area (Å²) in [4.78, 5) is 0. The highest BCUT2D eigenvalue weighted by Crippen LogP contribution is 2.38. The van der Waals surface area contributed by atoms with E-state index >= 15 is 0 Å². The van der Waals surface area contributed by atoms with Crippen LogP contribution in [0.5, 0.6) is 5.75 Å². The highest BCUT2D eigenvalue weighted by atomic mass is 79.9. The molecule has 0 radical (unpaired) electrons. The number of hydrogen-bond donors (Lipinski definition) is 1. The summed E-state index contributed by atoms with van der Waals surface area (Å²) in [7, 11) is 1.66. The third-order valence-corrected chi connectivity index (χ3v) is 4.52. The molecule has 2 nitrogen and oxygen atoms in total. The summed E-state index contributed by atoms with van der Waals surface area (Å²) in [5.41, 5.74) is 8.69. The van der Waals surface area contributed by atoms with Crippen LogP contribution in [0.15, 0.2) is 53.0 Å². The lowest BCUT2D eigenvalue weighted by Crippen LogP contribution is -2.33. The van der Waals surface area contributed by atoms with Gasteiger partial charge in [0.05, 0.1) is 7.11 Å². The predicted molar refractivity (Wildman–Crippen MR) is 87.1 cm³/mol. The van der Waals surface area contributed by atoms with Crippen LogP contribution in [0.3, 0.4) is 0 Å². The number of halogens is 1. The van der Waals surface area contributed by atoms with Gasteiger partial charge < -0.3 is 10.5 Å². The van der Waals surface area contributed by atoms with Gasteiger partial charge in [-0.3, -0.25) is 0 Å². The van der Waals surface area contributed by atoms with Gasteiger partial charge in [0.25, 0.3) is 0 Å². The SMILES string of the molecule is COc1ccc(C(N)C(C)(C)c2ccccc2)c(Br)c1. The van der Waals surface area contributed by atoms with Crippen LogP contribution in [0.25, 0.3) is 0 Å². The van der Waals surface area contributed by atoms with Crippen molar-refractivity contribution in [2.75, 3.05) is 7.11 Å². The third-order valence-electron chi connectivity index (χ3n) is 3.84. The van der Waals surface area contributed by atoms with Gasteiger partial charge in [0.1, 0.15) is 5.75 Å². The van der Waals surface area contributed by atoms with Crippen molar-refractivity contribution in [3.05, 3.63) is 64.1 Å². The molecule has 0 aliphatic heterocycles. The lowest BCUT2D eigenvalue weighted by atomic mass is 9.75. The number of nitrogens with two attached hydrogens (primary N) is 1. The van der Waals surface area contributed by atoms with Crippen molar-refractivity contribution < 1.29 is 4.74 Å². The first kappa shape index (κ1) is 15.1. The molecule has 0 heterocycles. The lowest BCUT2D eigenvalue weighted by molar-refractivity contribution is 0.408. The van der Waals surface area contributed by atoms with Crippen LogP contribution in [0.4, 0.5) is 0 Å². The molecule has 0 aliphatic rings. The van der Waals surface area contributed by atoms with Crippen LogP contribution in [-0.4, -0.2) is 7.11 Å². The van der Waals surface area contributed by atoms with E-state index in [4.69, 9.17) is 10.5 Å². The van der Waals surface area contributed by atoms with Crippen molar-refractivity contribution in [2.45, 2.75) is 25.3 Å². The van der Waals surface area contributed by atoms with E-state index in [1.54, 1.807) is 7.11 Å². The molecule has 2 rings (SSSR count). The van der Waals surface area contributed by atoms with Crippen LogP contribution < -0.4 is 10.5 Å². The molecule has 0 aromatic heterocycles. The maximum absolute atomic E-state index is 6.53. The molecule has 1 unspecified atom stereocenters. The summed E-state index contributed by atoms with van der Waals surface area (Å²) in [6.07, 6.45) is 0. The van der Waals surface area contributed by atoms with Crippen molar-refractivity contribution in [1.82, 2.24) is 0 Å². The number of methoxy groups -OCH3 is 1. The second-order valence-corrected chi connectivity index (χ2v) is 6.31. The van der Waals surface area contributed by atoms with Crippen molar-refractivity contribution in [3.8, 4) is 5.75 Å². The first-order valence-electron chi connectivity index (χ1n) is 6.61. The van der Waals surface area contributed by atoms with E-state index in [9.17, 15) is 0 Å². The number of ether oxygens (including phenoxy) is 1. The van der Waals surface area contributed by atoms with Crippen LogP contribution >= 0.6 is 15.9 Å². The second-order valence-electron chi connectivity index (χ2n) is 5.45. The van der Waals surface area contributed by atoms with Gasteiger partial charge in [-0.25, -0.2) is 0 Å². The van der Waals surface area contributed by atoms with E-state index in [-0.39, 0.29) is 11.5 Å². The molecular weight excluding hydrogens is 314 g/mol. The Kier molecular flexibility index (Phi) is 4.51. The Bertz CT molecular complexity index is 581. The molecule has 2 N–H and O–H groups in total. The summed E-state index contributed by atoms with van der Waals surface area (Å²) in [6.45, 7) is 4.34. The zero-order valence-electron chi connectivity index (χ0n) is 12.1. The van der Waals surface area contributed by atoms with Gasteiger partial charge in [-0.05, 0) is 23.3 Å². The summed E-state index contributed by atoms with van der Waals surface area (Å²) in [5, 5.41) is 0. The normalized spacial score (nSPS) is 13.1. The molecule has 0 amide bonds. The van der Waals surface area contributed by atoms with Gasteiger partial charge in [-0.1, -0.05) is 66.2 Å². The van der Waals surface area contributed by atoms with Crippen LogP contribution in [-0.2, 0) is 5.41 Å². The molecule has 20 heavy (non-hydrogen) atoms. The molecule has 1 atom stereocenters. The van der Waals surface area contributed by atoms with Gasteiger partial charge in [-0.15, -0.1) is 0 Å². The van der Waals surface area contributed by atoms with Crippen molar-refractivity contribution in [3.63, 3.8) is 0 Å². The van der Waals surface area contributed by atoms with Gasteiger partial charge in [0, 0.05) is 15.9 Å². The first-order chi connectivity index (χ1) is 9.46. The van der Waals surface area contributed by atoms with E-state index in [1.165, 1.54) is 5.56 Å². The van der Waals surface area contributed by atoms with E-state index in [0.29, 0.717) is 0 Å². The van der Waals surface area contributed by atoms with Gasteiger partial charge in [-0.2, -0.15) is 0 Å². The second kappa shape index (κ2) is 5.98. The summed E-state index contributed by atoms with van der Waals surface area (Å²) in [6, 6.07) is 16.2. The van der Waals surface area contributed by atoms with E-state index < -0.39 is 0 Å². The van der Waals surface area contributed by atoms with Crippen LogP contribution in [0, 0.1) is 0 Å². The number of rotatable bonds is 4. The van der Waals surface area contributed by atoms with E-state index in [0.717, 1.165) is 15.8 Å². The highest BCUT2D eigenvalue weighted by molar-refractivity contribution is 9.10. The monoisotopic (exact) mass is 333 g/mol. The summed E-state index contributed by atoms with van der Waals surface area (Å²) >= 11 is 3.59. The first-order valence-corrected chi connectivity index (χ1v) is 7.40. The molecule has 0 aliphatic carbocycles. The molecular formula is C17H20BrNO. The Morgan fingerprint density at radius 2 is 1.75 bits per heavy atom.